The van der Waals surface area contributed by atoms with E-state index in [-0.39, 0.29) is 6.07 Å². The normalized spacial score (nSPS) is 11.7. The van der Waals surface area contributed by atoms with E-state index in [0.29, 0.717) is 0 Å². The molecule has 1 aromatic rings. The van der Waals surface area contributed by atoms with E-state index in [4.69, 9.17) is 0 Å². The van der Waals surface area contributed by atoms with E-state index in [9.17, 15) is 31.5 Å². The number of ether oxygens (including phenoxy) is 1. The molecule has 1 rings (SSSR count). The lowest BCUT2D eigenvalue weighted by atomic mass is 10.1. The van der Waals surface area contributed by atoms with Gasteiger partial charge in [0.2, 0.25) is 0 Å². The van der Waals surface area contributed by atoms with Crippen LogP contribution in [0.2, 0.25) is 0 Å². The van der Waals surface area contributed by atoms with Gasteiger partial charge in [0.1, 0.15) is 11.3 Å². The first-order valence-corrected chi connectivity index (χ1v) is 4.39. The zero-order valence-electron chi connectivity index (χ0n) is 8.77. The number of carbonyl (C=O) groups is 1. The Bertz CT molecular complexity index is 520. The summed E-state index contributed by atoms with van der Waals surface area (Å²) in [5.41, 5.74) is -5.72. The van der Waals surface area contributed by atoms with Gasteiger partial charge in [0.25, 0.3) is 12.0 Å². The highest BCUT2D eigenvalue weighted by Crippen LogP contribution is 2.30. The number of H-pyrrole nitrogens is 1. The monoisotopic (exact) mass is 271 g/mol. The third kappa shape index (κ3) is 2.66. The maximum Gasteiger partial charge on any atom is 0.421 e. The van der Waals surface area contributed by atoms with Crippen LogP contribution in [0, 0.1) is 0 Å². The number of alkyl halides is 5. The molecule has 0 fully saturated rings. The smallest absolute Gasteiger partial charge is 0.421 e. The quantitative estimate of drug-likeness (QED) is 0.662. The van der Waals surface area contributed by atoms with Gasteiger partial charge in [0, 0.05) is 5.56 Å². The molecule has 0 bridgehead atoms. The zero-order valence-corrected chi connectivity index (χ0v) is 8.77. The predicted molar refractivity (Wildman–Crippen MR) is 48.4 cm³/mol. The van der Waals surface area contributed by atoms with Crippen LogP contribution in [-0.2, 0) is 10.9 Å². The maximum absolute atomic E-state index is 12.5. The average molecular weight is 271 g/mol. The van der Waals surface area contributed by atoms with Gasteiger partial charge in [-0.1, -0.05) is 0 Å². The van der Waals surface area contributed by atoms with Gasteiger partial charge in [0.05, 0.1) is 7.11 Å². The first-order chi connectivity index (χ1) is 8.18. The molecule has 0 aliphatic carbocycles. The molecule has 4 nitrogen and oxygen atoms in total. The largest absolute Gasteiger partial charge is 0.464 e. The van der Waals surface area contributed by atoms with Crippen LogP contribution < -0.4 is 5.56 Å². The minimum Gasteiger partial charge on any atom is -0.464 e. The van der Waals surface area contributed by atoms with E-state index in [1.807, 2.05) is 0 Å². The Hall–Kier alpha value is -1.93. The van der Waals surface area contributed by atoms with Crippen molar-refractivity contribution >= 4 is 5.97 Å². The molecule has 0 amide bonds. The predicted octanol–water partition coefficient (Wildman–Crippen LogP) is 2.12. The van der Waals surface area contributed by atoms with Crippen LogP contribution >= 0.6 is 0 Å². The second-order valence-corrected chi connectivity index (χ2v) is 3.13. The zero-order chi connectivity index (χ0) is 14.1. The topological polar surface area (TPSA) is 59.2 Å². The molecule has 1 aromatic heterocycles. The summed E-state index contributed by atoms with van der Waals surface area (Å²) >= 11 is 0. The molecule has 0 aliphatic heterocycles. The van der Waals surface area contributed by atoms with Crippen LogP contribution in [0.15, 0.2) is 10.9 Å². The van der Waals surface area contributed by atoms with Crippen molar-refractivity contribution in [1.29, 1.82) is 0 Å². The summed E-state index contributed by atoms with van der Waals surface area (Å²) in [5.74, 6) is -1.35. The second-order valence-electron chi connectivity index (χ2n) is 3.13. The van der Waals surface area contributed by atoms with E-state index in [2.05, 4.69) is 4.74 Å². The van der Waals surface area contributed by atoms with Gasteiger partial charge in [-0.3, -0.25) is 4.79 Å². The molecule has 0 aliphatic rings. The molecule has 1 heterocycles. The molecule has 1 N–H and O–H groups in total. The SMILES string of the molecule is COC(=O)c1[nH]c(=O)c(C(F)(F)F)cc1C(F)F. The van der Waals surface area contributed by atoms with E-state index in [1.54, 1.807) is 0 Å². The number of carbonyl (C=O) groups excluding carboxylic acids is 1. The van der Waals surface area contributed by atoms with Crippen molar-refractivity contribution in [3.8, 4) is 0 Å². The standard InChI is InChI=1S/C9H6F5NO3/c1-18-8(17)5-3(6(10)11)2-4(7(16)15-5)9(12,13)14/h2,6H,1H3,(H,15,16). The maximum atomic E-state index is 12.5. The minimum atomic E-state index is -5.09. The molecule has 0 spiro atoms. The van der Waals surface area contributed by atoms with Crippen LogP contribution in [0.5, 0.6) is 0 Å². The summed E-state index contributed by atoms with van der Waals surface area (Å²) in [6.07, 6.45) is -8.46. The van der Waals surface area contributed by atoms with Crippen LogP contribution in [0.25, 0.3) is 0 Å². The van der Waals surface area contributed by atoms with Gasteiger partial charge in [0.15, 0.2) is 0 Å². The lowest BCUT2D eigenvalue weighted by Crippen LogP contribution is -2.25. The number of hydrogen-bond donors (Lipinski definition) is 1. The van der Waals surface area contributed by atoms with E-state index >= 15 is 0 Å². The fourth-order valence-electron chi connectivity index (χ4n) is 1.20. The third-order valence-electron chi connectivity index (χ3n) is 2.00. The molecule has 0 unspecified atom stereocenters. The Morgan fingerprint density at radius 3 is 2.33 bits per heavy atom. The van der Waals surface area contributed by atoms with Gasteiger partial charge in [-0.2, -0.15) is 13.2 Å². The molecule has 0 saturated heterocycles. The molecule has 100 valence electrons. The van der Waals surface area contributed by atoms with Crippen LogP contribution in [0.4, 0.5) is 22.0 Å². The number of aromatic amines is 1. The number of methoxy groups -OCH3 is 1. The Labute approximate surface area is 96.4 Å². The Kier molecular flexibility index (Phi) is 3.73. The van der Waals surface area contributed by atoms with Crippen molar-refractivity contribution in [1.82, 2.24) is 4.98 Å². The molecular weight excluding hydrogens is 265 g/mol. The summed E-state index contributed by atoms with van der Waals surface area (Å²) in [7, 11) is 0.841. The van der Waals surface area contributed by atoms with E-state index < -0.39 is 41.0 Å². The van der Waals surface area contributed by atoms with E-state index in [1.165, 1.54) is 4.98 Å². The lowest BCUT2D eigenvalue weighted by Gasteiger charge is -2.11. The van der Waals surface area contributed by atoms with Crippen LogP contribution in [0.3, 0.4) is 0 Å². The number of esters is 1. The Morgan fingerprint density at radius 1 is 1.39 bits per heavy atom. The molecule has 0 atom stereocenters. The first-order valence-electron chi connectivity index (χ1n) is 4.39. The van der Waals surface area contributed by atoms with Crippen LogP contribution in [0.1, 0.15) is 28.0 Å². The highest BCUT2D eigenvalue weighted by atomic mass is 19.4. The van der Waals surface area contributed by atoms with Crippen molar-refractivity contribution in [2.24, 2.45) is 0 Å². The highest BCUT2D eigenvalue weighted by molar-refractivity contribution is 5.88. The van der Waals surface area contributed by atoms with Gasteiger partial charge >= 0.3 is 12.1 Å². The summed E-state index contributed by atoms with van der Waals surface area (Å²) in [5, 5.41) is 0. The van der Waals surface area contributed by atoms with Gasteiger partial charge in [-0.05, 0) is 6.07 Å². The number of pyridine rings is 1. The van der Waals surface area contributed by atoms with Crippen molar-refractivity contribution in [2.75, 3.05) is 7.11 Å². The number of halogens is 5. The van der Waals surface area contributed by atoms with Crippen molar-refractivity contribution < 1.29 is 31.5 Å². The number of hydrogen-bond acceptors (Lipinski definition) is 3. The molecular formula is C9H6F5NO3. The lowest BCUT2D eigenvalue weighted by molar-refractivity contribution is -0.138. The number of aromatic nitrogens is 1. The van der Waals surface area contributed by atoms with Crippen LogP contribution in [-0.4, -0.2) is 18.1 Å². The Balaban J connectivity index is 3.55. The van der Waals surface area contributed by atoms with Gasteiger partial charge < -0.3 is 9.72 Å². The summed E-state index contributed by atoms with van der Waals surface area (Å²) < 4.78 is 66.1. The van der Waals surface area contributed by atoms with Gasteiger partial charge in [-0.15, -0.1) is 0 Å². The minimum absolute atomic E-state index is 0.0598. The van der Waals surface area contributed by atoms with Crippen molar-refractivity contribution in [3.05, 3.63) is 33.2 Å². The molecule has 0 aromatic carbocycles. The Morgan fingerprint density at radius 2 is 1.94 bits per heavy atom. The number of rotatable bonds is 2. The molecule has 9 heteroatoms. The van der Waals surface area contributed by atoms with Crippen molar-refractivity contribution in [3.63, 3.8) is 0 Å². The fourth-order valence-corrected chi connectivity index (χ4v) is 1.20. The molecule has 0 saturated carbocycles. The average Bonchev–Trinajstić information content (AvgIpc) is 2.25. The molecule has 0 radical (unpaired) electrons. The number of nitrogens with one attached hydrogen (secondary N) is 1. The summed E-state index contributed by atoms with van der Waals surface area (Å²) in [4.78, 5) is 23.6. The summed E-state index contributed by atoms with van der Waals surface area (Å²) in [6.45, 7) is 0. The third-order valence-corrected chi connectivity index (χ3v) is 2.00. The molecule has 18 heavy (non-hydrogen) atoms. The highest BCUT2D eigenvalue weighted by Gasteiger charge is 2.36. The summed E-state index contributed by atoms with van der Waals surface area (Å²) in [6, 6.07) is -0.0598. The van der Waals surface area contributed by atoms with Crippen molar-refractivity contribution in [2.45, 2.75) is 12.6 Å². The second kappa shape index (κ2) is 4.75. The first kappa shape index (κ1) is 14.1. The fraction of sp³-hybridized carbons (Fsp3) is 0.333. The van der Waals surface area contributed by atoms with Gasteiger partial charge in [-0.25, -0.2) is 13.6 Å². The van der Waals surface area contributed by atoms with E-state index in [0.717, 1.165) is 7.11 Å².